The van der Waals surface area contributed by atoms with Gasteiger partial charge in [0.2, 0.25) is 5.91 Å². The maximum Gasteiger partial charge on any atom is 0.254 e. The number of carbonyl (C=O) groups excluding carboxylic acids is 2. The Morgan fingerprint density at radius 1 is 1.05 bits per heavy atom. The summed E-state index contributed by atoms with van der Waals surface area (Å²) >= 11 is 0. The van der Waals surface area contributed by atoms with Crippen LogP contribution in [0.1, 0.15) is 33.1 Å². The normalized spacial score (nSPS) is 21.2. The zero-order chi connectivity index (χ0) is 14.0. The summed E-state index contributed by atoms with van der Waals surface area (Å²) in [5.41, 5.74) is -0.782. The van der Waals surface area contributed by atoms with E-state index in [1.807, 2.05) is 9.80 Å². The minimum absolute atomic E-state index is 0.00993. The number of methoxy groups -OCH3 is 1. The number of hydrogen-bond donors (Lipinski definition) is 0. The van der Waals surface area contributed by atoms with Crippen LogP contribution in [0, 0.1) is 5.92 Å². The molecule has 1 saturated heterocycles. The molecule has 1 aliphatic heterocycles. The quantitative estimate of drug-likeness (QED) is 0.763. The first-order valence-corrected chi connectivity index (χ1v) is 7.09. The summed E-state index contributed by atoms with van der Waals surface area (Å²) in [4.78, 5) is 28.1. The summed E-state index contributed by atoms with van der Waals surface area (Å²) in [5, 5.41) is 0. The smallest absolute Gasteiger partial charge is 0.254 e. The molecule has 0 N–H and O–H groups in total. The van der Waals surface area contributed by atoms with Crippen molar-refractivity contribution in [3.63, 3.8) is 0 Å². The van der Waals surface area contributed by atoms with Gasteiger partial charge in [-0.15, -0.1) is 0 Å². The molecule has 0 aromatic carbocycles. The van der Waals surface area contributed by atoms with Crippen molar-refractivity contribution in [3.05, 3.63) is 0 Å². The van der Waals surface area contributed by atoms with Crippen molar-refractivity contribution in [1.29, 1.82) is 0 Å². The minimum atomic E-state index is -0.782. The first kappa shape index (κ1) is 14.3. The van der Waals surface area contributed by atoms with Crippen LogP contribution in [0.15, 0.2) is 0 Å². The summed E-state index contributed by atoms with van der Waals surface area (Å²) in [7, 11) is 1.55. The van der Waals surface area contributed by atoms with Crippen LogP contribution in [-0.2, 0) is 14.3 Å². The fourth-order valence-electron chi connectivity index (χ4n) is 2.40. The van der Waals surface area contributed by atoms with Crippen LogP contribution in [0.4, 0.5) is 0 Å². The highest BCUT2D eigenvalue weighted by Gasteiger charge is 2.36. The maximum atomic E-state index is 12.3. The van der Waals surface area contributed by atoms with Crippen LogP contribution in [0.25, 0.3) is 0 Å². The van der Waals surface area contributed by atoms with Gasteiger partial charge in [-0.1, -0.05) is 0 Å². The minimum Gasteiger partial charge on any atom is -0.369 e. The van der Waals surface area contributed by atoms with Crippen LogP contribution in [-0.4, -0.2) is 60.5 Å². The van der Waals surface area contributed by atoms with Crippen LogP contribution in [0.2, 0.25) is 0 Å². The van der Waals surface area contributed by atoms with Gasteiger partial charge in [-0.05, 0) is 33.1 Å². The standard InChI is InChI=1S/C14H24N2O3/c1-14(2,19-3)13(18)16-8-4-7-15(9-10-16)12(17)11-5-6-11/h11H,4-10H2,1-3H3. The van der Waals surface area contributed by atoms with Gasteiger partial charge in [0.05, 0.1) is 0 Å². The van der Waals surface area contributed by atoms with Crippen molar-refractivity contribution >= 4 is 11.8 Å². The first-order chi connectivity index (χ1) is 8.95. The Bertz CT molecular complexity index is 364. The zero-order valence-electron chi connectivity index (χ0n) is 12.1. The molecule has 5 heteroatoms. The fourth-order valence-corrected chi connectivity index (χ4v) is 2.40. The van der Waals surface area contributed by atoms with Gasteiger partial charge in [-0.2, -0.15) is 0 Å². The van der Waals surface area contributed by atoms with Crippen LogP contribution in [0.3, 0.4) is 0 Å². The van der Waals surface area contributed by atoms with Gasteiger partial charge < -0.3 is 14.5 Å². The molecule has 0 radical (unpaired) electrons. The van der Waals surface area contributed by atoms with Crippen molar-refractivity contribution < 1.29 is 14.3 Å². The summed E-state index contributed by atoms with van der Waals surface area (Å²) in [6.07, 6.45) is 2.92. The van der Waals surface area contributed by atoms with Gasteiger partial charge >= 0.3 is 0 Å². The molecule has 1 aliphatic carbocycles. The number of nitrogens with zero attached hydrogens (tertiary/aromatic N) is 2. The molecular weight excluding hydrogens is 244 g/mol. The average Bonchev–Trinajstić information content (AvgIpc) is 3.23. The second-order valence-electron chi connectivity index (χ2n) is 5.96. The van der Waals surface area contributed by atoms with Crippen LogP contribution >= 0.6 is 0 Å². The topological polar surface area (TPSA) is 49.9 Å². The van der Waals surface area contributed by atoms with Gasteiger partial charge in [0.1, 0.15) is 5.60 Å². The van der Waals surface area contributed by atoms with E-state index in [0.717, 1.165) is 25.8 Å². The summed E-state index contributed by atoms with van der Waals surface area (Å²) in [6, 6.07) is 0. The molecule has 0 aromatic rings. The molecule has 108 valence electrons. The average molecular weight is 268 g/mol. The molecule has 2 rings (SSSR count). The number of rotatable bonds is 3. The lowest BCUT2D eigenvalue weighted by molar-refractivity contribution is -0.151. The van der Waals surface area contributed by atoms with E-state index >= 15 is 0 Å². The van der Waals surface area contributed by atoms with E-state index in [9.17, 15) is 9.59 Å². The molecule has 0 bridgehead atoms. The van der Waals surface area contributed by atoms with Crippen molar-refractivity contribution in [2.75, 3.05) is 33.3 Å². The number of ether oxygens (including phenoxy) is 1. The summed E-state index contributed by atoms with van der Waals surface area (Å²) in [6.45, 7) is 6.32. The second-order valence-corrected chi connectivity index (χ2v) is 5.96. The Kier molecular flexibility index (Phi) is 4.13. The Labute approximate surface area is 114 Å². The molecule has 0 unspecified atom stereocenters. The third kappa shape index (κ3) is 3.26. The highest BCUT2D eigenvalue weighted by atomic mass is 16.5. The van der Waals surface area contributed by atoms with E-state index in [1.54, 1.807) is 21.0 Å². The highest BCUT2D eigenvalue weighted by molar-refractivity contribution is 5.85. The zero-order valence-corrected chi connectivity index (χ0v) is 12.1. The van der Waals surface area contributed by atoms with Crippen molar-refractivity contribution in [3.8, 4) is 0 Å². The molecule has 0 spiro atoms. The molecule has 2 amide bonds. The highest BCUT2D eigenvalue weighted by Crippen LogP contribution is 2.31. The lowest BCUT2D eigenvalue weighted by Gasteiger charge is -2.30. The van der Waals surface area contributed by atoms with Gasteiger partial charge in [-0.3, -0.25) is 9.59 Å². The molecule has 19 heavy (non-hydrogen) atoms. The Hall–Kier alpha value is -1.10. The fraction of sp³-hybridized carbons (Fsp3) is 0.857. The van der Waals surface area contributed by atoms with Crippen molar-refractivity contribution in [2.45, 2.75) is 38.7 Å². The van der Waals surface area contributed by atoms with E-state index < -0.39 is 5.60 Å². The molecule has 5 nitrogen and oxygen atoms in total. The Morgan fingerprint density at radius 2 is 1.63 bits per heavy atom. The van der Waals surface area contributed by atoms with Crippen molar-refractivity contribution in [2.24, 2.45) is 5.92 Å². The Morgan fingerprint density at radius 3 is 2.21 bits per heavy atom. The van der Waals surface area contributed by atoms with Gasteiger partial charge in [0.15, 0.2) is 0 Å². The molecular formula is C14H24N2O3. The predicted molar refractivity (Wildman–Crippen MR) is 71.6 cm³/mol. The second kappa shape index (κ2) is 5.49. The molecule has 2 fully saturated rings. The third-order valence-electron chi connectivity index (χ3n) is 4.05. The van der Waals surface area contributed by atoms with Gasteiger partial charge in [0, 0.05) is 39.2 Å². The maximum absolute atomic E-state index is 12.3. The molecule has 0 atom stereocenters. The van der Waals surface area contributed by atoms with E-state index in [4.69, 9.17) is 4.74 Å². The van der Waals surface area contributed by atoms with E-state index in [-0.39, 0.29) is 17.7 Å². The first-order valence-electron chi connectivity index (χ1n) is 7.09. The van der Waals surface area contributed by atoms with E-state index in [0.29, 0.717) is 19.6 Å². The van der Waals surface area contributed by atoms with E-state index in [1.165, 1.54) is 0 Å². The number of carbonyl (C=O) groups is 2. The van der Waals surface area contributed by atoms with Crippen LogP contribution in [0.5, 0.6) is 0 Å². The van der Waals surface area contributed by atoms with Crippen LogP contribution < -0.4 is 0 Å². The summed E-state index contributed by atoms with van der Waals surface area (Å²) < 4.78 is 5.24. The van der Waals surface area contributed by atoms with Gasteiger partial charge in [-0.25, -0.2) is 0 Å². The lowest BCUT2D eigenvalue weighted by Crippen LogP contribution is -2.48. The van der Waals surface area contributed by atoms with E-state index in [2.05, 4.69) is 0 Å². The van der Waals surface area contributed by atoms with Gasteiger partial charge in [0.25, 0.3) is 5.91 Å². The molecule has 1 saturated carbocycles. The third-order valence-corrected chi connectivity index (χ3v) is 4.05. The summed E-state index contributed by atoms with van der Waals surface area (Å²) in [5.74, 6) is 0.550. The lowest BCUT2D eigenvalue weighted by atomic mass is 10.1. The Balaban J connectivity index is 1.92. The monoisotopic (exact) mass is 268 g/mol. The largest absolute Gasteiger partial charge is 0.369 e. The molecule has 1 heterocycles. The van der Waals surface area contributed by atoms with Crippen molar-refractivity contribution in [1.82, 2.24) is 9.80 Å². The number of hydrogen-bond acceptors (Lipinski definition) is 3. The predicted octanol–water partition coefficient (Wildman–Crippen LogP) is 0.882. The number of amides is 2. The molecule has 2 aliphatic rings. The molecule has 0 aromatic heterocycles. The SMILES string of the molecule is COC(C)(C)C(=O)N1CCCN(C(=O)C2CC2)CC1.